The van der Waals surface area contributed by atoms with Crippen LogP contribution in [-0.4, -0.2) is 39.9 Å². The summed E-state index contributed by atoms with van der Waals surface area (Å²) >= 11 is 0. The van der Waals surface area contributed by atoms with E-state index in [1.165, 1.54) is 0 Å². The van der Waals surface area contributed by atoms with Crippen molar-refractivity contribution in [3.05, 3.63) is 59.4 Å². The molecule has 2 aromatic carbocycles. The van der Waals surface area contributed by atoms with Crippen molar-refractivity contribution in [1.82, 2.24) is 9.55 Å². The van der Waals surface area contributed by atoms with Gasteiger partial charge in [0, 0.05) is 37.2 Å². The predicted octanol–water partition coefficient (Wildman–Crippen LogP) is 4.49. The largest absolute Gasteiger partial charge is 0.466 e. The molecule has 3 aromatic rings. The lowest BCUT2D eigenvalue weighted by Crippen LogP contribution is -2.39. The number of amides is 1. The molecule has 1 aromatic heterocycles. The van der Waals surface area contributed by atoms with E-state index < -0.39 is 0 Å². The van der Waals surface area contributed by atoms with Crippen molar-refractivity contribution in [2.75, 3.05) is 11.5 Å². The monoisotopic (exact) mass is 511 g/mol. The molecule has 9 heteroatoms. The number of rotatable bonds is 9. The Hall–Kier alpha value is -3.39. The molecule has 36 heavy (non-hydrogen) atoms. The molecule has 0 spiro atoms. The maximum Gasteiger partial charge on any atom is 0.306 e. The SMILES string of the molecule is CCOC(=O)CCC(=O)N(c1ccc2c(c1)nc(Cc1ccc(C(=N)N)cc1)n2C)C1CCCC1.Cl. The second-order valence-corrected chi connectivity index (χ2v) is 9.05. The van der Waals surface area contributed by atoms with E-state index in [0.717, 1.165) is 53.8 Å². The zero-order chi connectivity index (χ0) is 24.9. The summed E-state index contributed by atoms with van der Waals surface area (Å²) in [4.78, 5) is 31.8. The molecule has 1 fully saturated rings. The van der Waals surface area contributed by atoms with Crippen LogP contribution in [0.5, 0.6) is 0 Å². The molecular weight excluding hydrogens is 478 g/mol. The summed E-state index contributed by atoms with van der Waals surface area (Å²) in [6.07, 6.45) is 5.00. The van der Waals surface area contributed by atoms with E-state index in [4.69, 9.17) is 20.9 Å². The topological polar surface area (TPSA) is 114 Å². The lowest BCUT2D eigenvalue weighted by Gasteiger charge is -2.29. The number of amidine groups is 1. The van der Waals surface area contributed by atoms with E-state index in [9.17, 15) is 9.59 Å². The first-order valence-corrected chi connectivity index (χ1v) is 12.2. The third kappa shape index (κ3) is 6.05. The zero-order valence-corrected chi connectivity index (χ0v) is 21.6. The van der Waals surface area contributed by atoms with Crippen molar-refractivity contribution in [2.45, 2.75) is 57.9 Å². The average molecular weight is 512 g/mol. The summed E-state index contributed by atoms with van der Waals surface area (Å²) in [5, 5.41) is 7.56. The lowest BCUT2D eigenvalue weighted by atomic mass is 10.1. The van der Waals surface area contributed by atoms with Gasteiger partial charge < -0.3 is 19.9 Å². The van der Waals surface area contributed by atoms with Gasteiger partial charge >= 0.3 is 5.97 Å². The van der Waals surface area contributed by atoms with E-state index in [-0.39, 0.29) is 49.0 Å². The van der Waals surface area contributed by atoms with Crippen molar-refractivity contribution in [3.63, 3.8) is 0 Å². The second-order valence-electron chi connectivity index (χ2n) is 9.05. The van der Waals surface area contributed by atoms with E-state index >= 15 is 0 Å². The summed E-state index contributed by atoms with van der Waals surface area (Å²) in [5.41, 5.74) is 9.99. The number of anilines is 1. The first-order chi connectivity index (χ1) is 16.9. The van der Waals surface area contributed by atoms with E-state index in [1.807, 2.05) is 54.4 Å². The number of carbonyl (C=O) groups excluding carboxylic acids is 2. The average Bonchev–Trinajstić information content (AvgIpc) is 3.47. The van der Waals surface area contributed by atoms with Crippen LogP contribution in [-0.2, 0) is 27.8 Å². The third-order valence-corrected chi connectivity index (χ3v) is 6.67. The fraction of sp³-hybridized carbons (Fsp3) is 0.407. The Morgan fingerprint density at radius 2 is 1.83 bits per heavy atom. The van der Waals surface area contributed by atoms with Crippen molar-refractivity contribution < 1.29 is 14.3 Å². The molecule has 0 saturated heterocycles. The molecule has 8 nitrogen and oxygen atoms in total. The zero-order valence-electron chi connectivity index (χ0n) is 20.8. The molecule has 1 saturated carbocycles. The van der Waals surface area contributed by atoms with Crippen molar-refractivity contribution in [1.29, 1.82) is 5.41 Å². The molecule has 3 N–H and O–H groups in total. The number of halogens is 1. The number of imidazole rings is 1. The number of nitrogens with two attached hydrogens (primary N) is 1. The van der Waals surface area contributed by atoms with Crippen LogP contribution in [0.3, 0.4) is 0 Å². The van der Waals surface area contributed by atoms with Gasteiger partial charge in [0.25, 0.3) is 0 Å². The lowest BCUT2D eigenvalue weighted by molar-refractivity contribution is -0.144. The maximum atomic E-state index is 13.2. The number of hydrogen-bond acceptors (Lipinski definition) is 5. The number of nitrogen functional groups attached to an aromatic ring is 1. The smallest absolute Gasteiger partial charge is 0.306 e. The number of aromatic nitrogens is 2. The number of benzene rings is 2. The molecule has 1 heterocycles. The highest BCUT2D eigenvalue weighted by atomic mass is 35.5. The molecule has 0 bridgehead atoms. The fourth-order valence-electron chi connectivity index (χ4n) is 4.81. The number of hydrogen-bond donors (Lipinski definition) is 2. The Morgan fingerprint density at radius 1 is 1.14 bits per heavy atom. The van der Waals surface area contributed by atoms with E-state index in [1.54, 1.807) is 6.92 Å². The fourth-order valence-corrected chi connectivity index (χ4v) is 4.81. The number of carbonyl (C=O) groups is 2. The quantitative estimate of drug-likeness (QED) is 0.249. The van der Waals surface area contributed by atoms with Crippen LogP contribution in [0.2, 0.25) is 0 Å². The van der Waals surface area contributed by atoms with Crippen LogP contribution in [0.1, 0.15) is 62.4 Å². The minimum Gasteiger partial charge on any atom is -0.466 e. The van der Waals surface area contributed by atoms with E-state index in [2.05, 4.69) is 4.57 Å². The predicted molar refractivity (Wildman–Crippen MR) is 144 cm³/mol. The van der Waals surface area contributed by atoms with E-state index in [0.29, 0.717) is 18.6 Å². The van der Waals surface area contributed by atoms with Gasteiger partial charge in [-0.15, -0.1) is 12.4 Å². The van der Waals surface area contributed by atoms with Gasteiger partial charge in [-0.3, -0.25) is 15.0 Å². The molecule has 0 aliphatic heterocycles. The summed E-state index contributed by atoms with van der Waals surface area (Å²) < 4.78 is 7.07. The van der Waals surface area contributed by atoms with Crippen molar-refractivity contribution >= 4 is 46.8 Å². The number of fused-ring (bicyclic) bond motifs is 1. The van der Waals surface area contributed by atoms with Gasteiger partial charge in [0.1, 0.15) is 11.7 Å². The second kappa shape index (κ2) is 12.0. The first kappa shape index (κ1) is 27.2. The minimum absolute atomic E-state index is 0. The van der Waals surface area contributed by atoms with Gasteiger partial charge in [0.2, 0.25) is 5.91 Å². The normalized spacial score (nSPS) is 13.4. The van der Waals surface area contributed by atoms with Crippen LogP contribution < -0.4 is 10.6 Å². The maximum absolute atomic E-state index is 13.2. The molecule has 4 rings (SSSR count). The molecular formula is C27H34ClN5O3. The number of esters is 1. The van der Waals surface area contributed by atoms with Gasteiger partial charge in [-0.05, 0) is 43.5 Å². The Kier molecular flexibility index (Phi) is 9.09. The minimum atomic E-state index is -0.339. The van der Waals surface area contributed by atoms with Crippen LogP contribution in [0.15, 0.2) is 42.5 Å². The standard InChI is InChI=1S/C27H33N5O3.ClH/c1-3-35-26(34)15-14-25(33)32(20-6-4-5-7-20)21-12-13-23-22(17-21)30-24(31(23)2)16-18-8-10-19(11-9-18)27(28)29;/h8-13,17,20H,3-7,14-16H2,1-2H3,(H3,28,29);1H. The molecule has 1 aliphatic rings. The van der Waals surface area contributed by atoms with Gasteiger partial charge in [-0.1, -0.05) is 37.1 Å². The van der Waals surface area contributed by atoms with Crippen LogP contribution in [0, 0.1) is 5.41 Å². The van der Waals surface area contributed by atoms with Crippen molar-refractivity contribution in [3.8, 4) is 0 Å². The molecule has 0 radical (unpaired) electrons. The third-order valence-electron chi connectivity index (χ3n) is 6.67. The molecule has 1 amide bonds. The number of ether oxygens (including phenoxy) is 1. The summed E-state index contributed by atoms with van der Waals surface area (Å²) in [7, 11) is 1.99. The summed E-state index contributed by atoms with van der Waals surface area (Å²) in [6, 6.07) is 13.7. The van der Waals surface area contributed by atoms with Gasteiger partial charge in [-0.25, -0.2) is 4.98 Å². The molecule has 0 unspecified atom stereocenters. The number of nitrogens with zero attached hydrogens (tertiary/aromatic N) is 3. The Labute approximate surface area is 217 Å². The molecule has 192 valence electrons. The number of aryl methyl sites for hydroxylation is 1. The highest BCUT2D eigenvalue weighted by Gasteiger charge is 2.29. The first-order valence-electron chi connectivity index (χ1n) is 12.2. The van der Waals surface area contributed by atoms with Crippen LogP contribution >= 0.6 is 12.4 Å². The van der Waals surface area contributed by atoms with Crippen molar-refractivity contribution in [2.24, 2.45) is 12.8 Å². The van der Waals surface area contributed by atoms with Crippen LogP contribution in [0.4, 0.5) is 5.69 Å². The summed E-state index contributed by atoms with van der Waals surface area (Å²) in [6.45, 7) is 2.08. The number of nitrogens with one attached hydrogen (secondary N) is 1. The Bertz CT molecular complexity index is 1230. The van der Waals surface area contributed by atoms with Gasteiger partial charge in [-0.2, -0.15) is 0 Å². The van der Waals surface area contributed by atoms with Gasteiger partial charge in [0.15, 0.2) is 0 Å². The highest BCUT2D eigenvalue weighted by molar-refractivity contribution is 5.97. The summed E-state index contributed by atoms with van der Waals surface area (Å²) in [5.74, 6) is 0.573. The highest BCUT2D eigenvalue weighted by Crippen LogP contribution is 2.31. The van der Waals surface area contributed by atoms with Crippen LogP contribution in [0.25, 0.3) is 11.0 Å². The van der Waals surface area contributed by atoms with Gasteiger partial charge in [0.05, 0.1) is 24.1 Å². The molecule has 0 atom stereocenters. The molecule has 1 aliphatic carbocycles. The Morgan fingerprint density at radius 3 is 2.47 bits per heavy atom. The Balaban J connectivity index is 0.00000361.